The van der Waals surface area contributed by atoms with Crippen LogP contribution < -0.4 is 0 Å². The van der Waals surface area contributed by atoms with E-state index in [4.69, 9.17) is 0 Å². The van der Waals surface area contributed by atoms with Crippen LogP contribution in [-0.2, 0) is 0 Å². The van der Waals surface area contributed by atoms with Crippen LogP contribution in [0.2, 0.25) is 0 Å². The van der Waals surface area contributed by atoms with Crippen molar-refractivity contribution >= 4 is 32.6 Å². The zero-order valence-corrected chi connectivity index (χ0v) is 12.8. The molecule has 2 nitrogen and oxygen atoms in total. The van der Waals surface area contributed by atoms with E-state index in [9.17, 15) is 9.18 Å². The number of nitrogens with zero attached hydrogens (tertiary/aromatic N) is 1. The molecule has 0 aliphatic carbocycles. The van der Waals surface area contributed by atoms with Crippen LogP contribution in [-0.4, -0.2) is 10.8 Å². The average Bonchev–Trinajstić information content (AvgIpc) is 2.45. The minimum absolute atomic E-state index is 0.210. The molecule has 3 rings (SSSR count). The van der Waals surface area contributed by atoms with Crippen molar-refractivity contribution in [2.75, 3.05) is 0 Å². The molecule has 0 bridgehead atoms. The molecular weight excluding hydrogens is 333 g/mol. The van der Waals surface area contributed by atoms with Gasteiger partial charge >= 0.3 is 0 Å². The Morgan fingerprint density at radius 1 is 1.05 bits per heavy atom. The van der Waals surface area contributed by atoms with E-state index in [1.54, 1.807) is 18.2 Å². The summed E-state index contributed by atoms with van der Waals surface area (Å²) >= 11 is 3.20. The topological polar surface area (TPSA) is 30.0 Å². The first-order valence-corrected chi connectivity index (χ1v) is 7.20. The van der Waals surface area contributed by atoms with Crippen molar-refractivity contribution < 1.29 is 9.18 Å². The largest absolute Gasteiger partial charge is 0.289 e. The molecule has 3 aromatic rings. The van der Waals surface area contributed by atoms with Crippen molar-refractivity contribution in [3.8, 4) is 0 Å². The maximum absolute atomic E-state index is 13.4. The predicted molar refractivity (Wildman–Crippen MR) is 84.0 cm³/mol. The highest BCUT2D eigenvalue weighted by molar-refractivity contribution is 9.10. The van der Waals surface area contributed by atoms with E-state index in [0.717, 1.165) is 16.6 Å². The monoisotopic (exact) mass is 343 g/mol. The van der Waals surface area contributed by atoms with Crippen LogP contribution in [0.5, 0.6) is 0 Å². The molecular formula is C17H11BrFNO. The van der Waals surface area contributed by atoms with Crippen molar-refractivity contribution in [3.05, 3.63) is 75.6 Å². The zero-order valence-electron chi connectivity index (χ0n) is 11.2. The number of aromatic nitrogens is 1. The second-order valence-electron chi connectivity index (χ2n) is 4.85. The summed E-state index contributed by atoms with van der Waals surface area (Å²) in [5.74, 6) is -0.650. The molecule has 0 aliphatic rings. The lowest BCUT2D eigenvalue weighted by Gasteiger charge is -2.05. The van der Waals surface area contributed by atoms with Gasteiger partial charge in [-0.1, -0.05) is 22.0 Å². The Morgan fingerprint density at radius 3 is 2.62 bits per heavy atom. The molecule has 0 saturated heterocycles. The van der Waals surface area contributed by atoms with Gasteiger partial charge in [-0.3, -0.25) is 9.78 Å². The number of aryl methyl sites for hydroxylation is 1. The summed E-state index contributed by atoms with van der Waals surface area (Å²) in [6, 6.07) is 13.3. The molecule has 4 heteroatoms. The van der Waals surface area contributed by atoms with Gasteiger partial charge in [-0.15, -0.1) is 0 Å². The summed E-state index contributed by atoms with van der Waals surface area (Å²) < 4.78 is 14.0. The quantitative estimate of drug-likeness (QED) is 0.632. The van der Waals surface area contributed by atoms with Crippen LogP contribution in [0.4, 0.5) is 4.39 Å². The molecule has 1 heterocycles. The number of pyridine rings is 1. The summed E-state index contributed by atoms with van der Waals surface area (Å²) in [7, 11) is 0. The lowest BCUT2D eigenvalue weighted by molar-refractivity contribution is 0.103. The first-order chi connectivity index (χ1) is 10.0. The van der Waals surface area contributed by atoms with E-state index in [2.05, 4.69) is 20.9 Å². The Morgan fingerprint density at radius 2 is 1.86 bits per heavy atom. The van der Waals surface area contributed by atoms with E-state index < -0.39 is 5.82 Å². The molecule has 0 amide bonds. The lowest BCUT2D eigenvalue weighted by Crippen LogP contribution is -2.02. The summed E-state index contributed by atoms with van der Waals surface area (Å²) in [5.41, 5.74) is 2.61. The van der Waals surface area contributed by atoms with Crippen LogP contribution in [0.15, 0.2) is 53.0 Å². The molecule has 0 fully saturated rings. The van der Waals surface area contributed by atoms with E-state index in [-0.39, 0.29) is 5.78 Å². The number of halogens is 2. The van der Waals surface area contributed by atoms with Crippen LogP contribution in [0.25, 0.3) is 10.9 Å². The molecule has 0 saturated carbocycles. The number of carbonyl (C=O) groups excluding carboxylic acids is 1. The normalized spacial score (nSPS) is 10.8. The number of fused-ring (bicyclic) bond motifs is 1. The fourth-order valence-electron chi connectivity index (χ4n) is 2.22. The number of carbonyl (C=O) groups is 1. The molecule has 0 spiro atoms. The highest BCUT2D eigenvalue weighted by Gasteiger charge is 2.12. The highest BCUT2D eigenvalue weighted by atomic mass is 79.9. The van der Waals surface area contributed by atoms with E-state index in [0.29, 0.717) is 15.6 Å². The van der Waals surface area contributed by atoms with Crippen molar-refractivity contribution in [2.45, 2.75) is 6.92 Å². The molecule has 0 N–H and O–H groups in total. The lowest BCUT2D eigenvalue weighted by atomic mass is 10.0. The molecule has 0 radical (unpaired) electrons. The number of ketones is 1. The first-order valence-electron chi connectivity index (χ1n) is 6.41. The van der Waals surface area contributed by atoms with E-state index >= 15 is 0 Å². The Kier molecular flexibility index (Phi) is 3.55. The van der Waals surface area contributed by atoms with Gasteiger partial charge in [0.2, 0.25) is 0 Å². The van der Waals surface area contributed by atoms with Crippen LogP contribution in [0.1, 0.15) is 21.6 Å². The maximum atomic E-state index is 13.4. The smallest absolute Gasteiger partial charge is 0.193 e. The summed E-state index contributed by atoms with van der Waals surface area (Å²) in [6.07, 6.45) is 0. The summed E-state index contributed by atoms with van der Waals surface area (Å²) in [6.45, 7) is 1.92. The molecule has 104 valence electrons. The van der Waals surface area contributed by atoms with Gasteiger partial charge in [0.25, 0.3) is 0 Å². The van der Waals surface area contributed by atoms with Gasteiger partial charge in [-0.25, -0.2) is 4.39 Å². The molecule has 0 unspecified atom stereocenters. The predicted octanol–water partition coefficient (Wildman–Crippen LogP) is 4.68. The number of benzene rings is 2. The van der Waals surface area contributed by atoms with Gasteiger partial charge in [-0.2, -0.15) is 0 Å². The van der Waals surface area contributed by atoms with Gasteiger partial charge in [0.15, 0.2) is 5.78 Å². The maximum Gasteiger partial charge on any atom is 0.193 e. The van der Waals surface area contributed by atoms with Crippen LogP contribution >= 0.6 is 15.9 Å². The summed E-state index contributed by atoms with van der Waals surface area (Å²) in [5, 5.41) is 0.891. The fourth-order valence-corrected chi connectivity index (χ4v) is 2.69. The van der Waals surface area contributed by atoms with Gasteiger partial charge in [0, 0.05) is 26.7 Å². The van der Waals surface area contributed by atoms with Gasteiger partial charge < -0.3 is 0 Å². The SMILES string of the molecule is Cc1ccc2cc(C(=O)c3cc(F)cc(Br)c3)ccc2n1. The minimum Gasteiger partial charge on any atom is -0.289 e. The third-order valence-electron chi connectivity index (χ3n) is 3.22. The molecule has 0 aliphatic heterocycles. The zero-order chi connectivity index (χ0) is 15.0. The Balaban J connectivity index is 2.07. The molecule has 1 aromatic heterocycles. The third kappa shape index (κ3) is 2.85. The Labute approximate surface area is 129 Å². The molecule has 0 atom stereocenters. The van der Waals surface area contributed by atoms with Crippen molar-refractivity contribution in [1.82, 2.24) is 4.98 Å². The van der Waals surface area contributed by atoms with E-state index in [1.165, 1.54) is 12.1 Å². The van der Waals surface area contributed by atoms with Crippen LogP contribution in [0.3, 0.4) is 0 Å². The number of hydrogen-bond acceptors (Lipinski definition) is 2. The second kappa shape index (κ2) is 5.37. The molecule has 21 heavy (non-hydrogen) atoms. The standard InChI is InChI=1S/C17H11BrFNO/c1-10-2-3-11-6-12(4-5-16(11)20-10)17(21)13-7-14(18)9-15(19)8-13/h2-9H,1H3. The summed E-state index contributed by atoms with van der Waals surface area (Å²) in [4.78, 5) is 16.9. The van der Waals surface area contributed by atoms with Gasteiger partial charge in [0.05, 0.1) is 5.52 Å². The fraction of sp³-hybridized carbons (Fsp3) is 0.0588. The van der Waals surface area contributed by atoms with Crippen molar-refractivity contribution in [2.24, 2.45) is 0 Å². The highest BCUT2D eigenvalue weighted by Crippen LogP contribution is 2.20. The van der Waals surface area contributed by atoms with Crippen molar-refractivity contribution in [1.29, 1.82) is 0 Å². The number of rotatable bonds is 2. The van der Waals surface area contributed by atoms with Crippen molar-refractivity contribution in [3.63, 3.8) is 0 Å². The Hall–Kier alpha value is -2.07. The Bertz CT molecular complexity index is 840. The van der Waals surface area contributed by atoms with Gasteiger partial charge in [0.1, 0.15) is 5.82 Å². The third-order valence-corrected chi connectivity index (χ3v) is 3.67. The van der Waals surface area contributed by atoms with Gasteiger partial charge in [-0.05, 0) is 49.4 Å². The average molecular weight is 344 g/mol. The second-order valence-corrected chi connectivity index (χ2v) is 5.76. The van der Waals surface area contributed by atoms with E-state index in [1.807, 2.05) is 25.1 Å². The first kappa shape index (κ1) is 13.9. The minimum atomic E-state index is -0.439. The molecule has 2 aromatic carbocycles. The van der Waals surface area contributed by atoms with Crippen LogP contribution in [0, 0.1) is 12.7 Å². The number of hydrogen-bond donors (Lipinski definition) is 0.